The highest BCUT2D eigenvalue weighted by molar-refractivity contribution is 9.10. The van der Waals surface area contributed by atoms with E-state index in [1.54, 1.807) is 48.6 Å². The van der Waals surface area contributed by atoms with Gasteiger partial charge in [0.1, 0.15) is 0 Å². The molecule has 50 heavy (non-hydrogen) atoms. The van der Waals surface area contributed by atoms with Crippen LogP contribution in [-0.4, -0.2) is 74.7 Å². The smallest absolute Gasteiger partial charge is 0.479 e. The predicted octanol–water partition coefficient (Wildman–Crippen LogP) is 7.68. The molecule has 5 rings (SSSR count). The zero-order chi connectivity index (χ0) is 37.5. The van der Waals surface area contributed by atoms with Gasteiger partial charge in [-0.1, -0.05) is 64.5 Å². The first-order valence-corrected chi connectivity index (χ1v) is 17.0. The molecule has 0 aromatic heterocycles. The maximum Gasteiger partial charge on any atom is 0.490 e. The SMILES string of the molecule is CC1(C)OB(C2=CCC(F)(F)CC2)OC1(C)C.O=C(O)[C@H](O)Cc1ccc(Br)cc1.O=C(O)[C@H](O)Cc1ccc(C2=CCC(F)(F)CC2)cc1. The molecule has 0 radical (unpaired) electrons. The van der Waals surface area contributed by atoms with Crippen LogP contribution in [0.15, 0.2) is 70.6 Å². The number of allylic oxidation sites excluding steroid dienone is 4. The third-order valence-electron chi connectivity index (χ3n) is 9.07. The van der Waals surface area contributed by atoms with Gasteiger partial charge in [-0.05, 0) is 80.4 Å². The van der Waals surface area contributed by atoms with Crippen molar-refractivity contribution in [3.63, 3.8) is 0 Å². The van der Waals surface area contributed by atoms with Gasteiger partial charge in [-0.2, -0.15) is 0 Å². The predicted molar refractivity (Wildman–Crippen MR) is 185 cm³/mol. The molecule has 274 valence electrons. The molecular weight excluding hydrogens is 727 g/mol. The summed E-state index contributed by atoms with van der Waals surface area (Å²) < 4.78 is 64.8. The number of halogens is 5. The minimum absolute atomic E-state index is 0.0345. The molecule has 2 atom stereocenters. The van der Waals surface area contributed by atoms with E-state index >= 15 is 0 Å². The van der Waals surface area contributed by atoms with E-state index in [4.69, 9.17) is 24.6 Å². The van der Waals surface area contributed by atoms with Gasteiger partial charge in [0.25, 0.3) is 11.8 Å². The Morgan fingerprint density at radius 2 is 1.16 bits per heavy atom. The maximum absolute atomic E-state index is 13.0. The number of carboxylic acid groups (broad SMARTS) is 2. The molecule has 0 unspecified atom stereocenters. The van der Waals surface area contributed by atoms with Gasteiger partial charge in [0, 0.05) is 43.0 Å². The Morgan fingerprint density at radius 1 is 0.740 bits per heavy atom. The van der Waals surface area contributed by atoms with Crippen LogP contribution in [0.25, 0.3) is 5.57 Å². The first-order valence-electron chi connectivity index (χ1n) is 16.2. The molecule has 1 fully saturated rings. The number of aliphatic hydroxyl groups excluding tert-OH is 2. The van der Waals surface area contributed by atoms with Crippen molar-refractivity contribution in [2.45, 2.75) is 114 Å². The number of rotatable bonds is 8. The standard InChI is InChI=1S/C15H16F2O3.C12H19BF2O2.C9H9BrO3/c16-15(17)7-5-12(6-8-15)11-3-1-10(2-4-11)9-13(18)14(19)20;1-10(2)11(3,4)17-13(16-10)9-5-7-12(14,15)8-6-9;10-7-3-1-6(2-4-7)5-8(11)9(12)13/h1-5,13,18H,6-9H2,(H,19,20);5H,6-8H2,1-4H3;1-4,8,11H,5H2,(H,12,13)/t13-;;8-/m1.1/s1. The van der Waals surface area contributed by atoms with Crippen molar-refractivity contribution in [1.29, 1.82) is 0 Å². The lowest BCUT2D eigenvalue weighted by atomic mass is 9.72. The maximum atomic E-state index is 13.0. The number of hydrogen-bond acceptors (Lipinski definition) is 6. The fraction of sp³-hybridized carbons (Fsp3) is 0.500. The van der Waals surface area contributed by atoms with Crippen molar-refractivity contribution in [2.75, 3.05) is 0 Å². The molecule has 2 aromatic rings. The number of carbonyl (C=O) groups is 2. The summed E-state index contributed by atoms with van der Waals surface area (Å²) in [5.74, 6) is -7.61. The van der Waals surface area contributed by atoms with E-state index in [1.165, 1.54) is 0 Å². The molecule has 1 heterocycles. The molecular formula is C36H44BBrF4O8. The molecule has 2 aliphatic carbocycles. The molecule has 3 aliphatic rings. The van der Waals surface area contributed by atoms with Crippen molar-refractivity contribution in [2.24, 2.45) is 0 Å². The summed E-state index contributed by atoms with van der Waals surface area (Å²) in [6.07, 6.45) is 0.573. The van der Waals surface area contributed by atoms with E-state index in [0.29, 0.717) is 18.4 Å². The van der Waals surface area contributed by atoms with E-state index in [1.807, 2.05) is 39.8 Å². The number of alkyl halides is 4. The zero-order valence-electron chi connectivity index (χ0n) is 28.5. The average molecular weight is 771 g/mol. The van der Waals surface area contributed by atoms with Gasteiger partial charge >= 0.3 is 19.1 Å². The van der Waals surface area contributed by atoms with Crippen LogP contribution < -0.4 is 0 Å². The van der Waals surface area contributed by atoms with Crippen molar-refractivity contribution in [3.05, 3.63) is 87.3 Å². The number of carboxylic acids is 2. The summed E-state index contributed by atoms with van der Waals surface area (Å²) >= 11 is 3.26. The Hall–Kier alpha value is -3.04. The van der Waals surface area contributed by atoms with Crippen LogP contribution in [0.2, 0.25) is 0 Å². The molecule has 0 amide bonds. The third kappa shape index (κ3) is 12.3. The second kappa shape index (κ2) is 17.0. The minimum Gasteiger partial charge on any atom is -0.479 e. The van der Waals surface area contributed by atoms with Crippen molar-refractivity contribution >= 4 is 40.6 Å². The highest BCUT2D eigenvalue weighted by atomic mass is 79.9. The quantitative estimate of drug-likeness (QED) is 0.159. The van der Waals surface area contributed by atoms with E-state index in [9.17, 15) is 32.3 Å². The molecule has 1 saturated heterocycles. The Labute approximate surface area is 298 Å². The molecule has 0 saturated carbocycles. The van der Waals surface area contributed by atoms with Crippen LogP contribution in [0.3, 0.4) is 0 Å². The Bertz CT molecular complexity index is 1510. The summed E-state index contributed by atoms with van der Waals surface area (Å²) in [5, 5.41) is 35.4. The molecule has 8 nitrogen and oxygen atoms in total. The number of hydrogen-bond donors (Lipinski definition) is 4. The van der Waals surface area contributed by atoms with Gasteiger partial charge in [0.2, 0.25) is 0 Å². The normalized spacial score (nSPS) is 21.2. The van der Waals surface area contributed by atoms with Gasteiger partial charge in [-0.3, -0.25) is 0 Å². The van der Waals surface area contributed by atoms with Crippen molar-refractivity contribution in [1.82, 2.24) is 0 Å². The highest BCUT2D eigenvalue weighted by Gasteiger charge is 2.53. The monoisotopic (exact) mass is 770 g/mol. The van der Waals surface area contributed by atoms with E-state index in [0.717, 1.165) is 26.6 Å². The molecule has 0 bridgehead atoms. The number of aliphatic hydroxyl groups is 2. The summed E-state index contributed by atoms with van der Waals surface area (Å²) in [5.41, 5.74) is 3.31. The Morgan fingerprint density at radius 3 is 1.54 bits per heavy atom. The van der Waals surface area contributed by atoms with Gasteiger partial charge in [0.05, 0.1) is 11.2 Å². The van der Waals surface area contributed by atoms with Crippen LogP contribution in [0.4, 0.5) is 17.6 Å². The largest absolute Gasteiger partial charge is 0.490 e. The molecule has 1 aliphatic heterocycles. The minimum atomic E-state index is -2.60. The van der Waals surface area contributed by atoms with Crippen molar-refractivity contribution in [3.8, 4) is 0 Å². The van der Waals surface area contributed by atoms with Crippen LogP contribution in [0, 0.1) is 0 Å². The number of aliphatic carboxylic acids is 2. The summed E-state index contributed by atoms with van der Waals surface area (Å²) in [6, 6.07) is 14.2. The summed E-state index contributed by atoms with van der Waals surface area (Å²) in [7, 11) is -0.462. The topological polar surface area (TPSA) is 134 Å². The average Bonchev–Trinajstić information content (AvgIpc) is 3.25. The second-order valence-electron chi connectivity index (χ2n) is 13.7. The fourth-order valence-corrected chi connectivity index (χ4v) is 5.44. The fourth-order valence-electron chi connectivity index (χ4n) is 5.17. The lowest BCUT2D eigenvalue weighted by Gasteiger charge is -2.32. The van der Waals surface area contributed by atoms with Crippen LogP contribution in [-0.2, 0) is 31.7 Å². The third-order valence-corrected chi connectivity index (χ3v) is 9.60. The van der Waals surface area contributed by atoms with E-state index in [-0.39, 0.29) is 38.5 Å². The van der Waals surface area contributed by atoms with Crippen molar-refractivity contribution < 1.29 is 56.9 Å². The molecule has 2 aromatic carbocycles. The number of benzene rings is 2. The summed E-state index contributed by atoms with van der Waals surface area (Å²) in [6.45, 7) is 7.85. The summed E-state index contributed by atoms with van der Waals surface area (Å²) in [4.78, 5) is 20.9. The van der Waals surface area contributed by atoms with E-state index < -0.39 is 54.3 Å². The molecule has 14 heteroatoms. The van der Waals surface area contributed by atoms with Gasteiger partial charge in [-0.25, -0.2) is 27.2 Å². The van der Waals surface area contributed by atoms with Gasteiger partial charge < -0.3 is 29.7 Å². The van der Waals surface area contributed by atoms with Crippen LogP contribution in [0.5, 0.6) is 0 Å². The Balaban J connectivity index is 0.000000208. The molecule has 0 spiro atoms. The first-order chi connectivity index (χ1) is 23.1. The second-order valence-corrected chi connectivity index (χ2v) is 14.6. The lowest BCUT2D eigenvalue weighted by Crippen LogP contribution is -2.41. The van der Waals surface area contributed by atoms with Gasteiger partial charge in [0.15, 0.2) is 12.2 Å². The highest BCUT2D eigenvalue weighted by Crippen LogP contribution is 2.42. The first kappa shape index (κ1) is 41.4. The van der Waals surface area contributed by atoms with Gasteiger partial charge in [-0.15, -0.1) is 0 Å². The Kier molecular flexibility index (Phi) is 14.1. The van der Waals surface area contributed by atoms with Crippen LogP contribution >= 0.6 is 15.9 Å². The lowest BCUT2D eigenvalue weighted by molar-refractivity contribution is -0.147. The zero-order valence-corrected chi connectivity index (χ0v) is 30.1. The van der Waals surface area contributed by atoms with Crippen LogP contribution in [0.1, 0.15) is 82.9 Å². The van der Waals surface area contributed by atoms with E-state index in [2.05, 4.69) is 15.9 Å². The molecule has 4 N–H and O–H groups in total.